The van der Waals surface area contributed by atoms with Crippen molar-refractivity contribution >= 4 is 33.8 Å². The second-order valence-electron chi connectivity index (χ2n) is 6.94. The minimum absolute atomic E-state index is 0.104. The van der Waals surface area contributed by atoms with Gasteiger partial charge in [0.05, 0.1) is 32.5 Å². The highest BCUT2D eigenvalue weighted by molar-refractivity contribution is 9.10. The van der Waals surface area contributed by atoms with Crippen LogP contribution >= 0.6 is 15.9 Å². The number of halogens is 1. The molecule has 1 aliphatic rings. The molecule has 0 unspecified atom stereocenters. The number of esters is 1. The molecule has 1 heterocycles. The average Bonchev–Trinajstić information content (AvgIpc) is 3.13. The second-order valence-corrected chi connectivity index (χ2v) is 7.86. The molecule has 0 fully saturated rings. The maximum atomic E-state index is 12.9. The van der Waals surface area contributed by atoms with Crippen LogP contribution in [0.3, 0.4) is 0 Å². The van der Waals surface area contributed by atoms with Crippen molar-refractivity contribution in [2.24, 2.45) is 0 Å². The van der Waals surface area contributed by atoms with E-state index in [2.05, 4.69) is 15.9 Å². The molecule has 0 amide bonds. The van der Waals surface area contributed by atoms with Crippen molar-refractivity contribution in [1.29, 1.82) is 0 Å². The molecular weight excluding hydrogens is 492 g/mol. The lowest BCUT2D eigenvalue weighted by molar-refractivity contribution is 0.0734. The second kappa shape index (κ2) is 9.38. The summed E-state index contributed by atoms with van der Waals surface area (Å²) in [5, 5.41) is 0. The van der Waals surface area contributed by atoms with Crippen LogP contribution in [0.1, 0.15) is 26.3 Å². The van der Waals surface area contributed by atoms with Gasteiger partial charge >= 0.3 is 5.97 Å². The van der Waals surface area contributed by atoms with Gasteiger partial charge in [-0.05, 0) is 48.5 Å². The number of fused-ring (bicyclic) bond motifs is 1. The Hall–Kier alpha value is -3.78. The van der Waals surface area contributed by atoms with Crippen molar-refractivity contribution in [3.8, 4) is 28.7 Å². The molecule has 7 nitrogen and oxygen atoms in total. The Balaban J connectivity index is 1.59. The number of allylic oxidation sites excluding steroid dienone is 1. The Morgan fingerprint density at radius 1 is 0.879 bits per heavy atom. The van der Waals surface area contributed by atoms with Crippen LogP contribution in [0.25, 0.3) is 6.08 Å². The summed E-state index contributed by atoms with van der Waals surface area (Å²) in [6.45, 7) is 0. The number of ether oxygens (including phenoxy) is 5. The molecule has 8 heteroatoms. The molecule has 0 aromatic heterocycles. The van der Waals surface area contributed by atoms with E-state index in [-0.39, 0.29) is 17.3 Å². The van der Waals surface area contributed by atoms with Crippen LogP contribution < -0.4 is 23.7 Å². The van der Waals surface area contributed by atoms with Crippen LogP contribution in [0.4, 0.5) is 0 Å². The summed E-state index contributed by atoms with van der Waals surface area (Å²) >= 11 is 3.33. The first-order valence-electron chi connectivity index (χ1n) is 9.79. The largest absolute Gasteiger partial charge is 0.496 e. The molecule has 0 spiro atoms. The van der Waals surface area contributed by atoms with Crippen LogP contribution in [0.15, 0.2) is 64.8 Å². The van der Waals surface area contributed by atoms with Gasteiger partial charge in [0.2, 0.25) is 5.78 Å². The Kier molecular flexibility index (Phi) is 6.37. The molecule has 0 saturated carbocycles. The standard InChI is InChI=1S/C25H19BrO7/c1-29-19-13-22(31-3)21(30-2)10-15(19)11-23-24(27)18-9-8-17(12-20(18)33-23)32-25(28)14-4-6-16(26)7-5-14/h4-13H,1-3H3/b23-11-. The highest BCUT2D eigenvalue weighted by Crippen LogP contribution is 2.39. The average molecular weight is 511 g/mol. The van der Waals surface area contributed by atoms with E-state index in [0.717, 1.165) is 4.47 Å². The van der Waals surface area contributed by atoms with Gasteiger partial charge in [-0.15, -0.1) is 0 Å². The molecular formula is C25H19BrO7. The van der Waals surface area contributed by atoms with Gasteiger partial charge in [-0.25, -0.2) is 4.79 Å². The fraction of sp³-hybridized carbons (Fsp3) is 0.120. The zero-order chi connectivity index (χ0) is 23.5. The fourth-order valence-electron chi connectivity index (χ4n) is 3.29. The minimum Gasteiger partial charge on any atom is -0.496 e. The van der Waals surface area contributed by atoms with E-state index in [1.807, 2.05) is 0 Å². The zero-order valence-corrected chi connectivity index (χ0v) is 19.6. The summed E-state index contributed by atoms with van der Waals surface area (Å²) in [6.07, 6.45) is 1.57. The van der Waals surface area contributed by atoms with E-state index in [0.29, 0.717) is 39.7 Å². The Bertz CT molecular complexity index is 1260. The van der Waals surface area contributed by atoms with Gasteiger partial charge in [-0.3, -0.25) is 4.79 Å². The van der Waals surface area contributed by atoms with Crippen LogP contribution in [-0.2, 0) is 0 Å². The maximum Gasteiger partial charge on any atom is 0.343 e. The highest BCUT2D eigenvalue weighted by Gasteiger charge is 2.28. The number of hydrogen-bond acceptors (Lipinski definition) is 7. The van der Waals surface area contributed by atoms with Gasteiger partial charge in [0, 0.05) is 22.2 Å². The van der Waals surface area contributed by atoms with Crippen molar-refractivity contribution in [2.75, 3.05) is 21.3 Å². The number of Topliss-reactive ketones (excluding diaryl/α,β-unsaturated/α-hetero) is 1. The van der Waals surface area contributed by atoms with E-state index >= 15 is 0 Å². The SMILES string of the molecule is COc1cc(OC)c(OC)cc1/C=C1\Oc2cc(OC(=O)c3ccc(Br)cc3)ccc2C1=O. The normalized spacial score (nSPS) is 13.3. The van der Waals surface area contributed by atoms with Gasteiger partial charge in [-0.2, -0.15) is 0 Å². The van der Waals surface area contributed by atoms with Gasteiger partial charge in [0.25, 0.3) is 0 Å². The Morgan fingerprint density at radius 2 is 1.55 bits per heavy atom. The first kappa shape index (κ1) is 22.4. The van der Waals surface area contributed by atoms with Crippen molar-refractivity contribution < 1.29 is 33.3 Å². The maximum absolute atomic E-state index is 12.9. The lowest BCUT2D eigenvalue weighted by Gasteiger charge is -2.12. The number of carbonyl (C=O) groups is 2. The summed E-state index contributed by atoms with van der Waals surface area (Å²) in [6, 6.07) is 14.8. The highest BCUT2D eigenvalue weighted by atomic mass is 79.9. The van der Waals surface area contributed by atoms with Crippen molar-refractivity contribution in [3.05, 3.63) is 81.5 Å². The van der Waals surface area contributed by atoms with Gasteiger partial charge in [-0.1, -0.05) is 15.9 Å². The summed E-state index contributed by atoms with van der Waals surface area (Å²) in [5.74, 6) is 1.31. The molecule has 0 saturated heterocycles. The predicted octanol–water partition coefficient (Wildman–Crippen LogP) is 5.31. The molecule has 0 atom stereocenters. The quantitative estimate of drug-likeness (QED) is 0.252. The van der Waals surface area contributed by atoms with Gasteiger partial charge in [0.1, 0.15) is 17.2 Å². The van der Waals surface area contributed by atoms with Gasteiger partial charge < -0.3 is 23.7 Å². The van der Waals surface area contributed by atoms with Crippen LogP contribution in [0.2, 0.25) is 0 Å². The molecule has 3 aromatic rings. The third kappa shape index (κ3) is 4.56. The molecule has 3 aromatic carbocycles. The van der Waals surface area contributed by atoms with E-state index < -0.39 is 5.97 Å². The van der Waals surface area contributed by atoms with E-state index in [1.165, 1.54) is 27.4 Å². The summed E-state index contributed by atoms with van der Waals surface area (Å²) in [5.41, 5.74) is 1.34. The molecule has 0 aliphatic carbocycles. The first-order chi connectivity index (χ1) is 15.9. The Labute approximate surface area is 198 Å². The molecule has 33 heavy (non-hydrogen) atoms. The van der Waals surface area contributed by atoms with Crippen molar-refractivity contribution in [2.45, 2.75) is 0 Å². The number of hydrogen-bond donors (Lipinski definition) is 0. The monoisotopic (exact) mass is 510 g/mol. The van der Waals surface area contributed by atoms with E-state index in [9.17, 15) is 9.59 Å². The summed E-state index contributed by atoms with van der Waals surface area (Å²) in [4.78, 5) is 25.2. The number of benzene rings is 3. The minimum atomic E-state index is -0.516. The fourth-order valence-corrected chi connectivity index (χ4v) is 3.55. The predicted molar refractivity (Wildman–Crippen MR) is 125 cm³/mol. The molecule has 0 radical (unpaired) electrons. The molecule has 0 N–H and O–H groups in total. The third-order valence-corrected chi connectivity index (χ3v) is 5.48. The molecule has 0 bridgehead atoms. The smallest absolute Gasteiger partial charge is 0.343 e. The van der Waals surface area contributed by atoms with Crippen LogP contribution in [0.5, 0.6) is 28.7 Å². The number of ketones is 1. The van der Waals surface area contributed by atoms with E-state index in [4.69, 9.17) is 23.7 Å². The van der Waals surface area contributed by atoms with Crippen LogP contribution in [0, 0.1) is 0 Å². The number of rotatable bonds is 6. The summed E-state index contributed by atoms with van der Waals surface area (Å²) < 4.78 is 28.1. The Morgan fingerprint density at radius 3 is 2.21 bits per heavy atom. The molecule has 168 valence electrons. The van der Waals surface area contributed by atoms with Crippen LogP contribution in [-0.4, -0.2) is 33.1 Å². The number of methoxy groups -OCH3 is 3. The van der Waals surface area contributed by atoms with Crippen molar-refractivity contribution in [1.82, 2.24) is 0 Å². The first-order valence-corrected chi connectivity index (χ1v) is 10.6. The third-order valence-electron chi connectivity index (χ3n) is 4.95. The van der Waals surface area contributed by atoms with Crippen molar-refractivity contribution in [3.63, 3.8) is 0 Å². The van der Waals surface area contributed by atoms with Gasteiger partial charge in [0.15, 0.2) is 17.3 Å². The number of carbonyl (C=O) groups excluding carboxylic acids is 2. The molecule has 1 aliphatic heterocycles. The lowest BCUT2D eigenvalue weighted by atomic mass is 10.1. The summed E-state index contributed by atoms with van der Waals surface area (Å²) in [7, 11) is 4.56. The lowest BCUT2D eigenvalue weighted by Crippen LogP contribution is -2.08. The topological polar surface area (TPSA) is 80.3 Å². The molecule has 4 rings (SSSR count). The van der Waals surface area contributed by atoms with E-state index in [1.54, 1.807) is 54.6 Å². The zero-order valence-electron chi connectivity index (χ0n) is 18.0.